The summed E-state index contributed by atoms with van der Waals surface area (Å²) >= 11 is 0. The lowest BCUT2D eigenvalue weighted by Crippen LogP contribution is -2.21. The van der Waals surface area contributed by atoms with E-state index in [4.69, 9.17) is 9.47 Å². The topological polar surface area (TPSA) is 98.8 Å². The van der Waals surface area contributed by atoms with Crippen molar-refractivity contribution in [1.82, 2.24) is 0 Å². The van der Waals surface area contributed by atoms with Crippen molar-refractivity contribution in [2.75, 3.05) is 25.3 Å². The molecule has 1 amide bonds. The van der Waals surface area contributed by atoms with Crippen molar-refractivity contribution in [3.63, 3.8) is 0 Å². The average Bonchev–Trinajstić information content (AvgIpc) is 2.59. The highest BCUT2D eigenvalue weighted by Gasteiger charge is 2.16. The van der Waals surface area contributed by atoms with Crippen LogP contribution in [0.4, 0.5) is 10.1 Å². The molecular formula is C17H16FNO6S. The van der Waals surface area contributed by atoms with Crippen molar-refractivity contribution in [2.45, 2.75) is 4.90 Å². The minimum absolute atomic E-state index is 0.0348. The molecular weight excluding hydrogens is 365 g/mol. The summed E-state index contributed by atoms with van der Waals surface area (Å²) in [6.45, 7) is -0.659. The van der Waals surface area contributed by atoms with E-state index in [0.29, 0.717) is 0 Å². The molecule has 26 heavy (non-hydrogen) atoms. The van der Waals surface area contributed by atoms with Gasteiger partial charge in [-0.1, -0.05) is 6.07 Å². The van der Waals surface area contributed by atoms with E-state index in [1.54, 1.807) is 0 Å². The monoisotopic (exact) mass is 381 g/mol. The maximum Gasteiger partial charge on any atom is 0.341 e. The third kappa shape index (κ3) is 5.03. The summed E-state index contributed by atoms with van der Waals surface area (Å²) in [6, 6.07) is 9.20. The molecule has 0 unspecified atom stereocenters. The third-order valence-corrected chi connectivity index (χ3v) is 4.39. The van der Waals surface area contributed by atoms with E-state index < -0.39 is 34.1 Å². The largest absolute Gasteiger partial charge is 0.497 e. The molecule has 138 valence electrons. The predicted molar refractivity (Wildman–Crippen MR) is 91.4 cm³/mol. The smallest absolute Gasteiger partial charge is 0.341 e. The fourth-order valence-electron chi connectivity index (χ4n) is 2.00. The van der Waals surface area contributed by atoms with Crippen LogP contribution in [0.15, 0.2) is 47.4 Å². The molecule has 2 aromatic rings. The Kier molecular flexibility index (Phi) is 5.93. The summed E-state index contributed by atoms with van der Waals surface area (Å²) in [5.41, 5.74) is -0.109. The first-order valence-electron chi connectivity index (χ1n) is 7.31. The molecule has 0 aliphatic heterocycles. The van der Waals surface area contributed by atoms with Crippen LogP contribution in [0, 0.1) is 5.82 Å². The highest BCUT2D eigenvalue weighted by molar-refractivity contribution is 7.90. The first-order valence-corrected chi connectivity index (χ1v) is 9.20. The summed E-state index contributed by atoms with van der Waals surface area (Å²) in [4.78, 5) is 23.7. The number of carbonyl (C=O) groups is 2. The van der Waals surface area contributed by atoms with Gasteiger partial charge in [0, 0.05) is 18.0 Å². The number of benzene rings is 2. The second-order valence-electron chi connectivity index (χ2n) is 5.27. The fourth-order valence-corrected chi connectivity index (χ4v) is 2.67. The van der Waals surface area contributed by atoms with Gasteiger partial charge in [-0.05, 0) is 30.3 Å². The number of methoxy groups -OCH3 is 1. The van der Waals surface area contributed by atoms with E-state index >= 15 is 0 Å². The number of nitrogens with one attached hydrogen (secondary N) is 1. The molecule has 0 bridgehead atoms. The molecule has 0 heterocycles. The van der Waals surface area contributed by atoms with Crippen LogP contribution in [0.2, 0.25) is 0 Å². The number of rotatable bonds is 6. The first kappa shape index (κ1) is 19.4. The van der Waals surface area contributed by atoms with Crippen LogP contribution in [-0.2, 0) is 19.4 Å². The van der Waals surface area contributed by atoms with Crippen LogP contribution in [0.3, 0.4) is 0 Å². The Balaban J connectivity index is 1.98. The zero-order valence-electron chi connectivity index (χ0n) is 14.0. The molecule has 1 N–H and O–H groups in total. The van der Waals surface area contributed by atoms with Gasteiger partial charge in [0.05, 0.1) is 17.6 Å². The van der Waals surface area contributed by atoms with Gasteiger partial charge in [-0.2, -0.15) is 0 Å². The van der Waals surface area contributed by atoms with Crippen LogP contribution in [0.1, 0.15) is 10.4 Å². The van der Waals surface area contributed by atoms with Crippen molar-refractivity contribution in [2.24, 2.45) is 0 Å². The number of esters is 1. The average molecular weight is 381 g/mol. The zero-order chi connectivity index (χ0) is 19.3. The van der Waals surface area contributed by atoms with Gasteiger partial charge in [-0.3, -0.25) is 4.79 Å². The van der Waals surface area contributed by atoms with Crippen molar-refractivity contribution in [1.29, 1.82) is 0 Å². The molecule has 0 aliphatic rings. The summed E-state index contributed by atoms with van der Waals surface area (Å²) in [7, 11) is -2.06. The summed E-state index contributed by atoms with van der Waals surface area (Å²) in [5.74, 6) is -2.30. The number of anilines is 1. The highest BCUT2D eigenvalue weighted by atomic mass is 32.2. The Labute approximate surface area is 149 Å². The Morgan fingerprint density at radius 1 is 1.15 bits per heavy atom. The molecule has 0 saturated carbocycles. The van der Waals surface area contributed by atoms with Crippen LogP contribution in [0.25, 0.3) is 0 Å². The number of amides is 1. The highest BCUT2D eigenvalue weighted by Crippen LogP contribution is 2.17. The van der Waals surface area contributed by atoms with Gasteiger partial charge >= 0.3 is 5.97 Å². The van der Waals surface area contributed by atoms with Gasteiger partial charge in [0.1, 0.15) is 11.6 Å². The minimum Gasteiger partial charge on any atom is -0.497 e. The Bertz CT molecular complexity index is 942. The van der Waals surface area contributed by atoms with Gasteiger partial charge in [0.15, 0.2) is 16.4 Å². The van der Waals surface area contributed by atoms with E-state index in [1.807, 2.05) is 0 Å². The molecule has 0 aliphatic carbocycles. The Morgan fingerprint density at radius 3 is 2.50 bits per heavy atom. The van der Waals surface area contributed by atoms with E-state index in [0.717, 1.165) is 12.3 Å². The first-order chi connectivity index (χ1) is 12.2. The van der Waals surface area contributed by atoms with Crippen LogP contribution < -0.4 is 10.1 Å². The lowest BCUT2D eigenvalue weighted by atomic mass is 10.2. The molecule has 2 aromatic carbocycles. The van der Waals surface area contributed by atoms with E-state index in [1.165, 1.54) is 43.5 Å². The maximum absolute atomic E-state index is 13.8. The van der Waals surface area contributed by atoms with E-state index in [2.05, 4.69) is 5.32 Å². The van der Waals surface area contributed by atoms with Crippen molar-refractivity contribution in [3.8, 4) is 5.75 Å². The maximum atomic E-state index is 13.8. The van der Waals surface area contributed by atoms with Gasteiger partial charge in [0.25, 0.3) is 5.91 Å². The lowest BCUT2D eigenvalue weighted by Gasteiger charge is -2.08. The quantitative estimate of drug-likeness (QED) is 0.769. The number of hydrogen-bond donors (Lipinski definition) is 1. The second-order valence-corrected chi connectivity index (χ2v) is 7.29. The van der Waals surface area contributed by atoms with Crippen LogP contribution in [0.5, 0.6) is 5.75 Å². The van der Waals surface area contributed by atoms with Crippen molar-refractivity contribution < 1.29 is 31.9 Å². The van der Waals surface area contributed by atoms with Crippen LogP contribution in [-0.4, -0.2) is 40.3 Å². The van der Waals surface area contributed by atoms with Crippen molar-refractivity contribution in [3.05, 3.63) is 53.8 Å². The number of halogens is 1. The third-order valence-electron chi connectivity index (χ3n) is 3.28. The number of sulfone groups is 1. The Morgan fingerprint density at radius 2 is 1.88 bits per heavy atom. The molecule has 9 heteroatoms. The molecule has 2 rings (SSSR count). The summed E-state index contributed by atoms with van der Waals surface area (Å²) in [5, 5.41) is 2.40. The lowest BCUT2D eigenvalue weighted by molar-refractivity contribution is -0.119. The summed E-state index contributed by atoms with van der Waals surface area (Å²) < 4.78 is 46.4. The number of ether oxygens (including phenoxy) is 2. The molecule has 0 aromatic heterocycles. The number of carbonyl (C=O) groups excluding carboxylic acids is 2. The molecule has 0 fully saturated rings. The molecule has 0 saturated heterocycles. The zero-order valence-corrected chi connectivity index (χ0v) is 14.8. The minimum atomic E-state index is -3.42. The van der Waals surface area contributed by atoms with E-state index in [9.17, 15) is 22.4 Å². The van der Waals surface area contributed by atoms with Gasteiger partial charge in [0.2, 0.25) is 0 Å². The number of hydrogen-bond acceptors (Lipinski definition) is 6. The molecule has 0 radical (unpaired) electrons. The standard InChI is InChI=1S/C17H16FNO6S/c1-24-12-6-7-14(15(18)9-12)17(21)25-10-16(20)19-11-4-3-5-13(8-11)26(2,22)23/h3-9H,10H2,1-2H3,(H,19,20). The van der Waals surface area contributed by atoms with Crippen molar-refractivity contribution >= 4 is 27.4 Å². The van der Waals surface area contributed by atoms with E-state index in [-0.39, 0.29) is 21.9 Å². The van der Waals surface area contributed by atoms with Gasteiger partial charge in [-0.25, -0.2) is 17.6 Å². The van der Waals surface area contributed by atoms with Gasteiger partial charge in [-0.15, -0.1) is 0 Å². The molecule has 0 atom stereocenters. The fraction of sp³-hybridized carbons (Fsp3) is 0.176. The second kappa shape index (κ2) is 7.96. The Hall–Kier alpha value is -2.94. The van der Waals surface area contributed by atoms with Crippen LogP contribution >= 0.6 is 0 Å². The molecule has 7 nitrogen and oxygen atoms in total. The molecule has 0 spiro atoms. The predicted octanol–water partition coefficient (Wildman–Crippen LogP) is 2.03. The van der Waals surface area contributed by atoms with Gasteiger partial charge < -0.3 is 14.8 Å². The normalized spacial score (nSPS) is 10.9. The summed E-state index contributed by atoms with van der Waals surface area (Å²) in [6.07, 6.45) is 1.04. The SMILES string of the molecule is COc1ccc(C(=O)OCC(=O)Nc2cccc(S(C)(=O)=O)c2)c(F)c1.